The van der Waals surface area contributed by atoms with E-state index >= 15 is 0 Å². The van der Waals surface area contributed by atoms with Gasteiger partial charge in [0.25, 0.3) is 5.56 Å². The standard InChI is InChI=1S/C23H17FN2O3/c1-15-10-11-26-21(12-15)25-19(13-22(26)27)14-29-20-8-4-17(5-9-20)23(28)16-2-6-18(24)7-3-16/h2-13H,14H2,1H3. The molecule has 0 N–H and O–H groups in total. The third-order valence-electron chi connectivity index (χ3n) is 4.49. The zero-order valence-corrected chi connectivity index (χ0v) is 15.6. The maximum atomic E-state index is 13.0. The molecule has 6 heteroatoms. The van der Waals surface area contributed by atoms with Crippen LogP contribution in [0.4, 0.5) is 4.39 Å². The summed E-state index contributed by atoms with van der Waals surface area (Å²) < 4.78 is 20.2. The molecular formula is C23H17FN2O3. The van der Waals surface area contributed by atoms with Crippen molar-refractivity contribution < 1.29 is 13.9 Å². The monoisotopic (exact) mass is 388 g/mol. The van der Waals surface area contributed by atoms with Gasteiger partial charge in [-0.25, -0.2) is 9.37 Å². The summed E-state index contributed by atoms with van der Waals surface area (Å²) in [6.45, 7) is 2.06. The number of ether oxygens (including phenoxy) is 1. The summed E-state index contributed by atoms with van der Waals surface area (Å²) in [6, 6.07) is 17.2. The van der Waals surface area contributed by atoms with Crippen molar-refractivity contribution in [3.05, 3.63) is 111 Å². The van der Waals surface area contributed by atoms with Crippen LogP contribution in [0.25, 0.3) is 5.65 Å². The number of aromatic nitrogens is 2. The normalized spacial score (nSPS) is 10.8. The largest absolute Gasteiger partial charge is 0.487 e. The Bertz CT molecular complexity index is 1250. The molecule has 0 saturated heterocycles. The van der Waals surface area contributed by atoms with Crippen LogP contribution in [0.1, 0.15) is 27.2 Å². The SMILES string of the molecule is Cc1ccn2c(=O)cc(COc3ccc(C(=O)c4ccc(F)cc4)cc3)nc2c1. The van der Waals surface area contributed by atoms with E-state index in [0.29, 0.717) is 28.2 Å². The van der Waals surface area contributed by atoms with E-state index in [1.165, 1.54) is 34.7 Å². The molecule has 0 bridgehead atoms. The summed E-state index contributed by atoms with van der Waals surface area (Å²) in [5, 5.41) is 0. The molecule has 144 valence electrons. The third-order valence-corrected chi connectivity index (χ3v) is 4.49. The Morgan fingerprint density at radius 1 is 1.00 bits per heavy atom. The minimum atomic E-state index is -0.387. The molecule has 4 rings (SSSR count). The molecule has 0 unspecified atom stereocenters. The molecule has 0 fully saturated rings. The number of hydrogen-bond acceptors (Lipinski definition) is 4. The van der Waals surface area contributed by atoms with Crippen LogP contribution in [-0.2, 0) is 6.61 Å². The van der Waals surface area contributed by atoms with Crippen molar-refractivity contribution in [3.63, 3.8) is 0 Å². The molecule has 2 aromatic carbocycles. The predicted molar refractivity (Wildman–Crippen MR) is 107 cm³/mol. The van der Waals surface area contributed by atoms with Crippen molar-refractivity contribution in [2.75, 3.05) is 0 Å². The molecule has 2 heterocycles. The highest BCUT2D eigenvalue weighted by atomic mass is 19.1. The second kappa shape index (κ2) is 7.67. The number of hydrogen-bond donors (Lipinski definition) is 0. The highest BCUT2D eigenvalue weighted by molar-refractivity contribution is 6.08. The van der Waals surface area contributed by atoms with Gasteiger partial charge in [-0.05, 0) is 73.2 Å². The molecule has 2 aromatic heterocycles. The number of benzene rings is 2. The average molecular weight is 388 g/mol. The lowest BCUT2D eigenvalue weighted by Gasteiger charge is -2.08. The lowest BCUT2D eigenvalue weighted by Crippen LogP contribution is -2.16. The summed E-state index contributed by atoms with van der Waals surface area (Å²) >= 11 is 0. The molecule has 0 saturated carbocycles. The van der Waals surface area contributed by atoms with Crippen LogP contribution >= 0.6 is 0 Å². The number of aryl methyl sites for hydroxylation is 1. The topological polar surface area (TPSA) is 60.7 Å². The molecule has 5 nitrogen and oxygen atoms in total. The molecule has 0 atom stereocenters. The summed E-state index contributed by atoms with van der Waals surface area (Å²) in [5.41, 5.74) is 2.81. The van der Waals surface area contributed by atoms with Crippen LogP contribution in [0.5, 0.6) is 5.75 Å². The summed E-state index contributed by atoms with van der Waals surface area (Å²) in [4.78, 5) is 29.1. The molecule has 0 amide bonds. The molecule has 4 aromatic rings. The van der Waals surface area contributed by atoms with E-state index in [0.717, 1.165) is 5.56 Å². The van der Waals surface area contributed by atoms with Crippen LogP contribution < -0.4 is 10.3 Å². The fourth-order valence-electron chi connectivity index (χ4n) is 2.96. The number of ketones is 1. The number of rotatable bonds is 5. The van der Waals surface area contributed by atoms with Crippen LogP contribution in [0, 0.1) is 12.7 Å². The fraction of sp³-hybridized carbons (Fsp3) is 0.0870. The summed E-state index contributed by atoms with van der Waals surface area (Å²) in [7, 11) is 0. The van der Waals surface area contributed by atoms with Crippen molar-refractivity contribution >= 4 is 11.4 Å². The zero-order valence-electron chi connectivity index (χ0n) is 15.6. The Kier molecular flexibility index (Phi) is 4.91. The lowest BCUT2D eigenvalue weighted by molar-refractivity contribution is 0.103. The molecular weight excluding hydrogens is 371 g/mol. The lowest BCUT2D eigenvalue weighted by atomic mass is 10.0. The number of halogens is 1. The van der Waals surface area contributed by atoms with Gasteiger partial charge in [-0.15, -0.1) is 0 Å². The molecule has 0 aliphatic rings. The Morgan fingerprint density at radius 3 is 2.34 bits per heavy atom. The van der Waals surface area contributed by atoms with Gasteiger partial charge >= 0.3 is 0 Å². The van der Waals surface area contributed by atoms with Crippen LogP contribution in [0.3, 0.4) is 0 Å². The van der Waals surface area contributed by atoms with Gasteiger partial charge in [-0.2, -0.15) is 0 Å². The zero-order chi connectivity index (χ0) is 20.4. The van der Waals surface area contributed by atoms with Gasteiger partial charge in [-0.1, -0.05) is 0 Å². The Hall–Kier alpha value is -3.80. The maximum Gasteiger partial charge on any atom is 0.258 e. The number of pyridine rings is 1. The van der Waals surface area contributed by atoms with Gasteiger partial charge in [-0.3, -0.25) is 14.0 Å². The molecule has 0 radical (unpaired) electrons. The molecule has 29 heavy (non-hydrogen) atoms. The van der Waals surface area contributed by atoms with E-state index in [2.05, 4.69) is 4.98 Å². The first-order valence-electron chi connectivity index (χ1n) is 9.02. The van der Waals surface area contributed by atoms with Crippen LogP contribution in [0.15, 0.2) is 77.7 Å². The Balaban J connectivity index is 1.48. The van der Waals surface area contributed by atoms with Crippen molar-refractivity contribution in [1.29, 1.82) is 0 Å². The molecule has 0 aliphatic heterocycles. The van der Waals surface area contributed by atoms with E-state index in [4.69, 9.17) is 4.74 Å². The predicted octanol–water partition coefficient (Wildman–Crippen LogP) is 3.95. The first-order chi connectivity index (χ1) is 14.0. The van der Waals surface area contributed by atoms with Gasteiger partial charge in [0.05, 0.1) is 5.69 Å². The van der Waals surface area contributed by atoms with E-state index < -0.39 is 0 Å². The van der Waals surface area contributed by atoms with Gasteiger partial charge in [0.1, 0.15) is 23.8 Å². The molecule has 0 aliphatic carbocycles. The van der Waals surface area contributed by atoms with E-state index in [1.54, 1.807) is 30.5 Å². The van der Waals surface area contributed by atoms with Crippen molar-refractivity contribution in [3.8, 4) is 5.75 Å². The van der Waals surface area contributed by atoms with Crippen molar-refractivity contribution in [2.24, 2.45) is 0 Å². The minimum absolute atomic E-state index is 0.130. The fourth-order valence-corrected chi connectivity index (χ4v) is 2.96. The van der Waals surface area contributed by atoms with Crippen LogP contribution in [-0.4, -0.2) is 15.2 Å². The second-order valence-corrected chi connectivity index (χ2v) is 6.67. The smallest absolute Gasteiger partial charge is 0.258 e. The number of nitrogens with zero attached hydrogens (tertiary/aromatic N) is 2. The quantitative estimate of drug-likeness (QED) is 0.486. The van der Waals surface area contributed by atoms with Gasteiger partial charge in [0.15, 0.2) is 5.78 Å². The average Bonchev–Trinajstić information content (AvgIpc) is 2.72. The van der Waals surface area contributed by atoms with Crippen molar-refractivity contribution in [1.82, 2.24) is 9.38 Å². The minimum Gasteiger partial charge on any atom is -0.487 e. The van der Waals surface area contributed by atoms with Gasteiger partial charge in [0.2, 0.25) is 0 Å². The third kappa shape index (κ3) is 4.06. The number of fused-ring (bicyclic) bond motifs is 1. The molecule has 0 spiro atoms. The second-order valence-electron chi connectivity index (χ2n) is 6.67. The van der Waals surface area contributed by atoms with Gasteiger partial charge < -0.3 is 4.74 Å². The first kappa shape index (κ1) is 18.6. The van der Waals surface area contributed by atoms with E-state index in [1.807, 2.05) is 19.1 Å². The van der Waals surface area contributed by atoms with E-state index in [-0.39, 0.29) is 23.8 Å². The highest BCUT2D eigenvalue weighted by Gasteiger charge is 2.10. The number of carbonyl (C=O) groups is 1. The van der Waals surface area contributed by atoms with Crippen molar-refractivity contribution in [2.45, 2.75) is 13.5 Å². The maximum absolute atomic E-state index is 13.0. The summed E-state index contributed by atoms with van der Waals surface area (Å²) in [6.07, 6.45) is 1.70. The Morgan fingerprint density at radius 2 is 1.66 bits per heavy atom. The number of carbonyl (C=O) groups excluding carboxylic acids is 1. The van der Waals surface area contributed by atoms with Crippen LogP contribution in [0.2, 0.25) is 0 Å². The first-order valence-corrected chi connectivity index (χ1v) is 9.02. The Labute approximate surface area is 166 Å². The summed E-state index contributed by atoms with van der Waals surface area (Å²) in [5.74, 6) is -0.0366. The highest BCUT2D eigenvalue weighted by Crippen LogP contribution is 2.17. The van der Waals surface area contributed by atoms with Gasteiger partial charge in [0, 0.05) is 23.4 Å². The van der Waals surface area contributed by atoms with E-state index in [9.17, 15) is 14.0 Å².